The first-order chi connectivity index (χ1) is 17.2. The fourth-order valence-corrected chi connectivity index (χ4v) is 3.35. The average Bonchev–Trinajstić information content (AvgIpc) is 2.90. The van der Waals surface area contributed by atoms with E-state index in [0.29, 0.717) is 6.54 Å². The van der Waals surface area contributed by atoms with E-state index < -0.39 is 23.5 Å². The predicted octanol–water partition coefficient (Wildman–Crippen LogP) is 3.20. The normalized spacial score (nSPS) is 12.1. The monoisotopic (exact) mass is 501 g/mol. The minimum atomic E-state index is -1.82. The molecular weight excluding hydrogens is 466 g/mol. The number of Topliss-reactive ketones (excluding diaryl/α,β-unsaturated/α-hetero) is 1. The molecule has 2 aromatic rings. The predicted molar refractivity (Wildman–Crippen MR) is 133 cm³/mol. The summed E-state index contributed by atoms with van der Waals surface area (Å²) in [6, 6.07) is 19.0. The van der Waals surface area contributed by atoms with Crippen molar-refractivity contribution in [1.29, 1.82) is 0 Å². The van der Waals surface area contributed by atoms with Crippen LogP contribution in [-0.2, 0) is 41.7 Å². The van der Waals surface area contributed by atoms with Crippen LogP contribution in [0.25, 0.3) is 0 Å². The van der Waals surface area contributed by atoms with Crippen molar-refractivity contribution in [1.82, 2.24) is 4.90 Å². The van der Waals surface area contributed by atoms with E-state index in [4.69, 9.17) is 29.3 Å². The van der Waals surface area contributed by atoms with E-state index in [2.05, 4.69) is 18.7 Å². The first-order valence-corrected chi connectivity index (χ1v) is 11.8. The Bertz CT molecular complexity index is 948. The topological polar surface area (TPSA) is 130 Å². The average molecular weight is 502 g/mol. The molecule has 2 rings (SSSR count). The Kier molecular flexibility index (Phi) is 13.7. The van der Waals surface area contributed by atoms with E-state index >= 15 is 0 Å². The van der Waals surface area contributed by atoms with Crippen LogP contribution in [0.4, 0.5) is 0 Å². The number of likely N-dealkylation sites (N-methyl/N-ethyl adjacent to an activating group) is 1. The second-order valence-corrected chi connectivity index (χ2v) is 7.81. The van der Waals surface area contributed by atoms with Gasteiger partial charge in [-0.3, -0.25) is 4.79 Å². The summed E-state index contributed by atoms with van der Waals surface area (Å²) >= 11 is 0. The van der Waals surface area contributed by atoms with E-state index in [9.17, 15) is 9.59 Å². The zero-order chi connectivity index (χ0) is 27.0. The van der Waals surface area contributed by atoms with Crippen molar-refractivity contribution in [3.8, 4) is 0 Å². The van der Waals surface area contributed by atoms with Gasteiger partial charge in [0.1, 0.15) is 6.61 Å². The maximum absolute atomic E-state index is 13.3. The number of carbonyl (C=O) groups is 4. The molecule has 0 bridgehead atoms. The van der Waals surface area contributed by atoms with Gasteiger partial charge in [0, 0.05) is 19.4 Å². The van der Waals surface area contributed by atoms with Crippen LogP contribution in [-0.4, -0.2) is 70.6 Å². The van der Waals surface area contributed by atoms with Crippen molar-refractivity contribution in [2.75, 3.05) is 26.2 Å². The van der Waals surface area contributed by atoms with Crippen molar-refractivity contribution in [2.45, 2.75) is 45.8 Å². The number of benzene rings is 2. The van der Waals surface area contributed by atoms with Crippen LogP contribution in [0.2, 0.25) is 0 Å². The molecule has 9 heteroatoms. The molecule has 0 radical (unpaired) electrons. The number of nitrogens with zero attached hydrogens (tertiary/aromatic N) is 1. The second kappa shape index (κ2) is 16.2. The van der Waals surface area contributed by atoms with E-state index in [-0.39, 0.29) is 31.8 Å². The summed E-state index contributed by atoms with van der Waals surface area (Å²) in [5.41, 5.74) is 0.0951. The molecule has 0 saturated carbocycles. The highest BCUT2D eigenvalue weighted by Gasteiger charge is 2.47. The van der Waals surface area contributed by atoms with Gasteiger partial charge in [0.15, 0.2) is 5.78 Å². The van der Waals surface area contributed by atoms with Gasteiger partial charge in [0.05, 0.1) is 6.61 Å². The van der Waals surface area contributed by atoms with Crippen LogP contribution in [0.1, 0.15) is 38.3 Å². The van der Waals surface area contributed by atoms with Gasteiger partial charge in [-0.05, 0) is 24.2 Å². The molecule has 2 N–H and O–H groups in total. The standard InChI is InChI=1S/C25H33NO4.C2H2O4/c1-4-23(27)25(19-21-13-9-7-10-14-21,30-20-22-15-11-8-12-16-22)24(28)29-18-17-26(5-2)6-3;3-1(4)2(5)6/h7-16H,4-6,17-20H2,1-3H3;(H,3,4)(H,5,6). The molecule has 0 amide bonds. The number of ketones is 1. The van der Waals surface area contributed by atoms with Gasteiger partial charge >= 0.3 is 17.9 Å². The minimum Gasteiger partial charge on any atom is -0.473 e. The number of rotatable bonds is 13. The number of carbonyl (C=O) groups excluding carboxylic acids is 2. The van der Waals surface area contributed by atoms with E-state index in [1.54, 1.807) is 6.92 Å². The fraction of sp³-hybridized carbons (Fsp3) is 0.407. The molecule has 196 valence electrons. The zero-order valence-electron chi connectivity index (χ0n) is 21.0. The van der Waals surface area contributed by atoms with Gasteiger partial charge in [0.25, 0.3) is 0 Å². The number of carboxylic acids is 2. The van der Waals surface area contributed by atoms with Crippen molar-refractivity contribution in [3.05, 3.63) is 71.8 Å². The summed E-state index contributed by atoms with van der Waals surface area (Å²) in [7, 11) is 0. The highest BCUT2D eigenvalue weighted by Crippen LogP contribution is 2.25. The summed E-state index contributed by atoms with van der Waals surface area (Å²) in [5.74, 6) is -4.53. The maximum Gasteiger partial charge on any atom is 0.414 e. The van der Waals surface area contributed by atoms with Gasteiger partial charge in [-0.1, -0.05) is 81.4 Å². The van der Waals surface area contributed by atoms with Crippen molar-refractivity contribution in [2.24, 2.45) is 0 Å². The van der Waals surface area contributed by atoms with Crippen molar-refractivity contribution >= 4 is 23.7 Å². The first-order valence-electron chi connectivity index (χ1n) is 11.8. The highest BCUT2D eigenvalue weighted by atomic mass is 16.6. The number of hydrogen-bond donors (Lipinski definition) is 2. The Balaban J connectivity index is 0.000000960. The molecule has 36 heavy (non-hydrogen) atoms. The molecule has 0 aliphatic heterocycles. The van der Waals surface area contributed by atoms with Crippen LogP contribution in [0.3, 0.4) is 0 Å². The fourth-order valence-electron chi connectivity index (χ4n) is 3.35. The molecule has 2 aromatic carbocycles. The number of hydrogen-bond acceptors (Lipinski definition) is 7. The molecule has 9 nitrogen and oxygen atoms in total. The first kappa shape index (κ1) is 30.5. The number of esters is 1. The van der Waals surface area contributed by atoms with Gasteiger partial charge in [0.2, 0.25) is 5.60 Å². The van der Waals surface area contributed by atoms with Gasteiger partial charge in [-0.25, -0.2) is 14.4 Å². The van der Waals surface area contributed by atoms with Gasteiger partial charge in [-0.15, -0.1) is 0 Å². The SMILES string of the molecule is CCC(=O)C(Cc1ccccc1)(OCc1ccccc1)C(=O)OCCN(CC)CC.O=C(O)C(=O)O. The Morgan fingerprint density at radius 2 is 1.31 bits per heavy atom. The molecule has 0 heterocycles. The third-order valence-electron chi connectivity index (χ3n) is 5.44. The maximum atomic E-state index is 13.3. The molecule has 0 fully saturated rings. The molecule has 0 aliphatic carbocycles. The third kappa shape index (κ3) is 9.97. The van der Waals surface area contributed by atoms with E-state index in [1.165, 1.54) is 0 Å². The van der Waals surface area contributed by atoms with Crippen molar-refractivity contribution < 1.29 is 38.9 Å². The number of ether oxygens (including phenoxy) is 2. The summed E-state index contributed by atoms with van der Waals surface area (Å²) in [5, 5.41) is 14.8. The van der Waals surface area contributed by atoms with Gasteiger partial charge < -0.3 is 24.6 Å². The summed E-state index contributed by atoms with van der Waals surface area (Å²) in [4.78, 5) is 46.7. The van der Waals surface area contributed by atoms with Crippen LogP contribution < -0.4 is 0 Å². The Hall–Kier alpha value is -3.56. The highest BCUT2D eigenvalue weighted by molar-refractivity contribution is 6.27. The smallest absolute Gasteiger partial charge is 0.414 e. The molecule has 0 spiro atoms. The quantitative estimate of drug-likeness (QED) is 0.241. The van der Waals surface area contributed by atoms with Gasteiger partial charge in [-0.2, -0.15) is 0 Å². The zero-order valence-corrected chi connectivity index (χ0v) is 21.0. The lowest BCUT2D eigenvalue weighted by Crippen LogP contribution is -2.52. The molecule has 1 unspecified atom stereocenters. The van der Waals surface area contributed by atoms with Crippen LogP contribution in [0.5, 0.6) is 0 Å². The summed E-state index contributed by atoms with van der Waals surface area (Å²) in [6.07, 6.45) is 0.338. The van der Waals surface area contributed by atoms with E-state index in [1.807, 2.05) is 60.7 Å². The third-order valence-corrected chi connectivity index (χ3v) is 5.44. The number of aliphatic carboxylic acids is 2. The molecule has 0 aliphatic rings. The lowest BCUT2D eigenvalue weighted by molar-refractivity contribution is -0.180. The largest absolute Gasteiger partial charge is 0.473 e. The Morgan fingerprint density at radius 1 is 0.806 bits per heavy atom. The molecule has 0 saturated heterocycles. The second-order valence-electron chi connectivity index (χ2n) is 7.81. The van der Waals surface area contributed by atoms with Crippen molar-refractivity contribution in [3.63, 3.8) is 0 Å². The van der Waals surface area contributed by atoms with Crippen LogP contribution in [0, 0.1) is 0 Å². The molecular formula is C27H35NO8. The lowest BCUT2D eigenvalue weighted by Gasteiger charge is -2.31. The molecule has 1 atom stereocenters. The number of carboxylic acid groups (broad SMARTS) is 2. The Labute approximate surface area is 211 Å². The summed E-state index contributed by atoms with van der Waals surface area (Å²) < 4.78 is 11.7. The van der Waals surface area contributed by atoms with E-state index in [0.717, 1.165) is 24.2 Å². The minimum absolute atomic E-state index is 0.150. The van der Waals surface area contributed by atoms with Crippen LogP contribution >= 0.6 is 0 Å². The lowest BCUT2D eigenvalue weighted by atomic mass is 9.88. The van der Waals surface area contributed by atoms with Crippen LogP contribution in [0.15, 0.2) is 60.7 Å². The summed E-state index contributed by atoms with van der Waals surface area (Å²) in [6.45, 7) is 8.63. The Morgan fingerprint density at radius 3 is 1.75 bits per heavy atom. The molecule has 0 aromatic heterocycles.